The second kappa shape index (κ2) is 10.9. The molecular formula is C26H26N2O5. The standard InChI is InChI=1S/C26H26N2O5/c1-4-31-26(29)23-17(2)33-25(28)20(16-27)24(23)19-12-13-21(22(15-19)30-3)32-14-8-11-18-9-6-5-7-10-18/h5-13,15,24H,4,14,28H2,1-3H3. The Hall–Kier alpha value is -4.18. The van der Waals surface area contributed by atoms with Crippen molar-refractivity contribution in [3.63, 3.8) is 0 Å². The van der Waals surface area contributed by atoms with E-state index in [0.717, 1.165) is 5.56 Å². The van der Waals surface area contributed by atoms with Gasteiger partial charge >= 0.3 is 5.97 Å². The van der Waals surface area contributed by atoms with Crippen LogP contribution in [0.3, 0.4) is 0 Å². The molecule has 0 saturated carbocycles. The summed E-state index contributed by atoms with van der Waals surface area (Å²) in [6.45, 7) is 3.86. The molecule has 1 aliphatic rings. The predicted octanol–water partition coefficient (Wildman–Crippen LogP) is 4.43. The Labute approximate surface area is 193 Å². The number of rotatable bonds is 8. The van der Waals surface area contributed by atoms with Gasteiger partial charge in [-0.15, -0.1) is 0 Å². The topological polar surface area (TPSA) is 104 Å². The van der Waals surface area contributed by atoms with Crippen molar-refractivity contribution in [1.29, 1.82) is 5.26 Å². The average Bonchev–Trinajstić information content (AvgIpc) is 2.82. The molecule has 7 heteroatoms. The van der Waals surface area contributed by atoms with Crippen LogP contribution in [0.15, 0.2) is 77.4 Å². The number of carbonyl (C=O) groups excluding carboxylic acids is 1. The summed E-state index contributed by atoms with van der Waals surface area (Å²) in [5.74, 6) is -0.0725. The average molecular weight is 447 g/mol. The van der Waals surface area contributed by atoms with Gasteiger partial charge in [-0.2, -0.15) is 5.26 Å². The first-order valence-corrected chi connectivity index (χ1v) is 10.5. The third kappa shape index (κ3) is 5.36. The van der Waals surface area contributed by atoms with E-state index in [1.807, 2.05) is 42.5 Å². The van der Waals surface area contributed by atoms with Crippen LogP contribution in [0.4, 0.5) is 0 Å². The van der Waals surface area contributed by atoms with E-state index in [9.17, 15) is 10.1 Å². The van der Waals surface area contributed by atoms with E-state index in [-0.39, 0.29) is 23.6 Å². The van der Waals surface area contributed by atoms with Crippen LogP contribution >= 0.6 is 0 Å². The van der Waals surface area contributed by atoms with Crippen LogP contribution in [0.2, 0.25) is 0 Å². The minimum absolute atomic E-state index is 0.0432. The molecular weight excluding hydrogens is 420 g/mol. The Morgan fingerprint density at radius 3 is 2.64 bits per heavy atom. The highest BCUT2D eigenvalue weighted by molar-refractivity contribution is 5.92. The van der Waals surface area contributed by atoms with Crippen LogP contribution < -0.4 is 15.2 Å². The lowest BCUT2D eigenvalue weighted by atomic mass is 9.83. The summed E-state index contributed by atoms with van der Waals surface area (Å²) in [6.07, 6.45) is 3.87. The van der Waals surface area contributed by atoms with Gasteiger partial charge in [0.1, 0.15) is 24.0 Å². The molecule has 170 valence electrons. The van der Waals surface area contributed by atoms with Crippen LogP contribution in [0.5, 0.6) is 11.5 Å². The molecule has 1 unspecified atom stereocenters. The number of methoxy groups -OCH3 is 1. The molecule has 0 amide bonds. The first-order chi connectivity index (χ1) is 16.0. The third-order valence-electron chi connectivity index (χ3n) is 5.07. The van der Waals surface area contributed by atoms with Gasteiger partial charge in [0.25, 0.3) is 0 Å². The number of nitriles is 1. The lowest BCUT2D eigenvalue weighted by molar-refractivity contribution is -0.139. The van der Waals surface area contributed by atoms with Gasteiger partial charge in [-0.25, -0.2) is 4.79 Å². The number of esters is 1. The van der Waals surface area contributed by atoms with E-state index in [4.69, 9.17) is 24.7 Å². The lowest BCUT2D eigenvalue weighted by Crippen LogP contribution is -2.25. The van der Waals surface area contributed by atoms with Crippen molar-refractivity contribution >= 4 is 12.0 Å². The van der Waals surface area contributed by atoms with Crippen LogP contribution in [0, 0.1) is 11.3 Å². The smallest absolute Gasteiger partial charge is 0.338 e. The predicted molar refractivity (Wildman–Crippen MR) is 124 cm³/mol. The number of benzene rings is 2. The molecule has 0 aliphatic carbocycles. The molecule has 7 nitrogen and oxygen atoms in total. The molecule has 2 N–H and O–H groups in total. The number of allylic oxidation sites excluding steroid dienone is 2. The van der Waals surface area contributed by atoms with Crippen molar-refractivity contribution in [2.24, 2.45) is 5.73 Å². The van der Waals surface area contributed by atoms with E-state index in [1.165, 1.54) is 7.11 Å². The molecule has 0 fully saturated rings. The number of hydrogen-bond donors (Lipinski definition) is 1. The number of ether oxygens (including phenoxy) is 4. The minimum atomic E-state index is -0.747. The van der Waals surface area contributed by atoms with Crippen molar-refractivity contribution in [3.8, 4) is 17.6 Å². The van der Waals surface area contributed by atoms with Crippen molar-refractivity contribution in [1.82, 2.24) is 0 Å². The number of nitrogens with zero attached hydrogens (tertiary/aromatic N) is 1. The zero-order chi connectivity index (χ0) is 23.8. The summed E-state index contributed by atoms with van der Waals surface area (Å²) in [7, 11) is 1.53. The molecule has 0 spiro atoms. The molecule has 0 aromatic heterocycles. The van der Waals surface area contributed by atoms with E-state index < -0.39 is 11.9 Å². The van der Waals surface area contributed by atoms with Gasteiger partial charge in [0, 0.05) is 0 Å². The van der Waals surface area contributed by atoms with Gasteiger partial charge in [-0.05, 0) is 43.2 Å². The number of hydrogen-bond acceptors (Lipinski definition) is 7. The van der Waals surface area contributed by atoms with Crippen molar-refractivity contribution in [2.75, 3.05) is 20.3 Å². The summed E-state index contributed by atoms with van der Waals surface area (Å²) in [5, 5.41) is 9.72. The molecule has 1 heterocycles. The molecule has 1 aliphatic heterocycles. The lowest BCUT2D eigenvalue weighted by Gasteiger charge is -2.27. The summed E-state index contributed by atoms with van der Waals surface area (Å²) in [6, 6.07) is 17.2. The van der Waals surface area contributed by atoms with Crippen LogP contribution in [-0.2, 0) is 14.3 Å². The molecule has 0 radical (unpaired) electrons. The number of carbonyl (C=O) groups is 1. The number of nitrogens with two attached hydrogens (primary N) is 1. The largest absolute Gasteiger partial charge is 0.493 e. The maximum Gasteiger partial charge on any atom is 0.338 e. The van der Waals surface area contributed by atoms with Gasteiger partial charge in [0.2, 0.25) is 5.88 Å². The highest BCUT2D eigenvalue weighted by Crippen LogP contribution is 2.42. The van der Waals surface area contributed by atoms with Crippen LogP contribution in [0.1, 0.15) is 30.9 Å². The Morgan fingerprint density at radius 1 is 1.21 bits per heavy atom. The quantitative estimate of drug-likeness (QED) is 0.598. The highest BCUT2D eigenvalue weighted by Gasteiger charge is 2.36. The van der Waals surface area contributed by atoms with Gasteiger partial charge in [0.05, 0.1) is 25.2 Å². The molecule has 2 aromatic carbocycles. The first kappa shape index (κ1) is 23.5. The van der Waals surface area contributed by atoms with Crippen LogP contribution in [0.25, 0.3) is 6.08 Å². The summed E-state index contributed by atoms with van der Waals surface area (Å²) in [4.78, 5) is 12.7. The maximum absolute atomic E-state index is 12.7. The fourth-order valence-corrected chi connectivity index (χ4v) is 3.56. The monoisotopic (exact) mass is 446 g/mol. The Morgan fingerprint density at radius 2 is 1.97 bits per heavy atom. The van der Waals surface area contributed by atoms with Crippen molar-refractivity contribution in [2.45, 2.75) is 19.8 Å². The first-order valence-electron chi connectivity index (χ1n) is 10.5. The van der Waals surface area contributed by atoms with E-state index in [1.54, 1.807) is 32.0 Å². The minimum Gasteiger partial charge on any atom is -0.493 e. The second-order valence-corrected chi connectivity index (χ2v) is 7.15. The van der Waals surface area contributed by atoms with E-state index in [2.05, 4.69) is 6.07 Å². The molecule has 1 atom stereocenters. The summed E-state index contributed by atoms with van der Waals surface area (Å²) >= 11 is 0. The van der Waals surface area contributed by atoms with Crippen molar-refractivity contribution in [3.05, 3.63) is 88.5 Å². The Balaban J connectivity index is 1.89. The van der Waals surface area contributed by atoms with E-state index in [0.29, 0.717) is 29.4 Å². The van der Waals surface area contributed by atoms with Gasteiger partial charge < -0.3 is 24.7 Å². The summed E-state index contributed by atoms with van der Waals surface area (Å²) < 4.78 is 22.0. The zero-order valence-corrected chi connectivity index (χ0v) is 18.8. The second-order valence-electron chi connectivity index (χ2n) is 7.15. The molecule has 3 rings (SSSR count). The molecule has 2 aromatic rings. The molecule has 0 bridgehead atoms. The highest BCUT2D eigenvalue weighted by atomic mass is 16.5. The normalized spacial score (nSPS) is 15.8. The molecule has 33 heavy (non-hydrogen) atoms. The fraction of sp³-hybridized carbons (Fsp3) is 0.231. The molecule has 0 saturated heterocycles. The fourth-order valence-electron chi connectivity index (χ4n) is 3.56. The van der Waals surface area contributed by atoms with Crippen molar-refractivity contribution < 1.29 is 23.7 Å². The van der Waals surface area contributed by atoms with Gasteiger partial charge in [-0.1, -0.05) is 42.5 Å². The Bertz CT molecular complexity index is 1140. The van der Waals surface area contributed by atoms with Gasteiger partial charge in [-0.3, -0.25) is 0 Å². The Kier molecular flexibility index (Phi) is 7.77. The maximum atomic E-state index is 12.7. The zero-order valence-electron chi connectivity index (χ0n) is 18.8. The summed E-state index contributed by atoms with van der Waals surface area (Å²) in [5.41, 5.74) is 8.02. The van der Waals surface area contributed by atoms with Gasteiger partial charge in [0.15, 0.2) is 11.5 Å². The SMILES string of the molecule is CCOC(=O)C1=C(C)OC(N)=C(C#N)C1c1ccc(OCC=Cc2ccccc2)c(OC)c1. The third-order valence-corrected chi connectivity index (χ3v) is 5.07. The van der Waals surface area contributed by atoms with Crippen LogP contribution in [-0.4, -0.2) is 26.3 Å². The van der Waals surface area contributed by atoms with E-state index >= 15 is 0 Å².